The number of aliphatic hydroxyl groups is 1. The molecule has 4 heteroatoms. The van der Waals surface area contributed by atoms with Crippen molar-refractivity contribution in [1.29, 1.82) is 0 Å². The molecule has 2 N–H and O–H groups in total. The van der Waals surface area contributed by atoms with Gasteiger partial charge >= 0.3 is 0 Å². The normalized spacial score (nSPS) is 23.7. The molecule has 0 radical (unpaired) electrons. The topological polar surface area (TPSA) is 52.6 Å². The Morgan fingerprint density at radius 3 is 2.71 bits per heavy atom. The molecule has 1 aliphatic rings. The Kier molecular flexibility index (Phi) is 3.45. The van der Waals surface area contributed by atoms with Crippen LogP contribution in [0.1, 0.15) is 15.9 Å². The minimum Gasteiger partial charge on any atom is -0.390 e. The Labute approximate surface area is 101 Å². The van der Waals surface area contributed by atoms with Crippen molar-refractivity contribution in [3.63, 3.8) is 0 Å². The molecule has 0 aromatic heterocycles. The second-order valence-electron chi connectivity index (χ2n) is 4.52. The largest absolute Gasteiger partial charge is 0.390 e. The summed E-state index contributed by atoms with van der Waals surface area (Å²) in [5.74, 6) is -0.0316. The van der Waals surface area contributed by atoms with Gasteiger partial charge in [0.15, 0.2) is 0 Å². The van der Waals surface area contributed by atoms with Crippen molar-refractivity contribution < 1.29 is 9.90 Å². The van der Waals surface area contributed by atoms with Gasteiger partial charge in [-0.3, -0.25) is 4.79 Å². The lowest BCUT2D eigenvalue weighted by Gasteiger charge is -2.27. The zero-order valence-electron chi connectivity index (χ0n) is 10.2. The number of hydrogen-bond acceptors (Lipinski definition) is 3. The highest BCUT2D eigenvalue weighted by Gasteiger charge is 2.31. The van der Waals surface area contributed by atoms with Crippen molar-refractivity contribution in [3.05, 3.63) is 35.4 Å². The number of carbonyl (C=O) groups is 1. The van der Waals surface area contributed by atoms with Crippen molar-refractivity contribution in [2.45, 2.75) is 19.1 Å². The van der Waals surface area contributed by atoms with Crippen LogP contribution in [0.4, 0.5) is 0 Å². The lowest BCUT2D eigenvalue weighted by Crippen LogP contribution is -2.44. The van der Waals surface area contributed by atoms with Crippen LogP contribution < -0.4 is 5.32 Å². The van der Waals surface area contributed by atoms with E-state index >= 15 is 0 Å². The standard InChI is InChI=1S/C13H18N2O2/c1-9-5-3-4-6-10(9)13(17)15(2)11-7-14-8-12(11)16/h3-6,11-12,14,16H,7-8H2,1-2H3/t11-,12-/m0/s1. The zero-order chi connectivity index (χ0) is 12.4. The van der Waals surface area contributed by atoms with Gasteiger partial charge in [0, 0.05) is 25.7 Å². The summed E-state index contributed by atoms with van der Waals surface area (Å²) in [4.78, 5) is 13.9. The minimum absolute atomic E-state index is 0.0316. The molecule has 1 aromatic rings. The van der Waals surface area contributed by atoms with Gasteiger partial charge in [-0.1, -0.05) is 18.2 Å². The Balaban J connectivity index is 2.17. The number of nitrogens with zero attached hydrogens (tertiary/aromatic N) is 1. The van der Waals surface area contributed by atoms with Crippen LogP contribution in [0.15, 0.2) is 24.3 Å². The van der Waals surface area contributed by atoms with Crippen LogP contribution in [0, 0.1) is 6.92 Å². The molecule has 1 aliphatic heterocycles. The fourth-order valence-corrected chi connectivity index (χ4v) is 2.20. The molecule has 1 heterocycles. The average Bonchev–Trinajstić information content (AvgIpc) is 2.74. The van der Waals surface area contributed by atoms with E-state index in [9.17, 15) is 9.90 Å². The Morgan fingerprint density at radius 2 is 2.12 bits per heavy atom. The molecular formula is C13H18N2O2. The molecule has 0 bridgehead atoms. The molecule has 92 valence electrons. The number of aryl methyl sites for hydroxylation is 1. The maximum Gasteiger partial charge on any atom is 0.254 e. The second-order valence-corrected chi connectivity index (χ2v) is 4.52. The SMILES string of the molecule is Cc1ccccc1C(=O)N(C)[C@H]1CNC[C@@H]1O. The van der Waals surface area contributed by atoms with E-state index in [1.807, 2.05) is 31.2 Å². The number of amides is 1. The first-order chi connectivity index (χ1) is 8.11. The third-order valence-corrected chi connectivity index (χ3v) is 3.34. The number of rotatable bonds is 2. The first kappa shape index (κ1) is 12.1. The summed E-state index contributed by atoms with van der Waals surface area (Å²) in [7, 11) is 1.75. The summed E-state index contributed by atoms with van der Waals surface area (Å²) < 4.78 is 0. The predicted octanol–water partition coefficient (Wildman–Crippen LogP) is 0.400. The average molecular weight is 234 g/mol. The van der Waals surface area contributed by atoms with Gasteiger partial charge in [0.05, 0.1) is 12.1 Å². The van der Waals surface area contributed by atoms with Gasteiger partial charge in [-0.2, -0.15) is 0 Å². The summed E-state index contributed by atoms with van der Waals surface area (Å²) in [6, 6.07) is 7.38. The first-order valence-corrected chi connectivity index (χ1v) is 5.83. The van der Waals surface area contributed by atoms with Gasteiger partial charge in [-0.25, -0.2) is 0 Å². The fourth-order valence-electron chi connectivity index (χ4n) is 2.20. The molecule has 0 saturated carbocycles. The number of benzene rings is 1. The maximum absolute atomic E-state index is 12.3. The van der Waals surface area contributed by atoms with Gasteiger partial charge in [0.25, 0.3) is 5.91 Å². The predicted molar refractivity (Wildman–Crippen MR) is 65.9 cm³/mol. The third-order valence-electron chi connectivity index (χ3n) is 3.34. The van der Waals surface area contributed by atoms with E-state index in [1.165, 1.54) is 0 Å². The minimum atomic E-state index is -0.479. The number of hydrogen-bond donors (Lipinski definition) is 2. The molecule has 2 atom stereocenters. The molecule has 4 nitrogen and oxygen atoms in total. The van der Waals surface area contributed by atoms with Crippen LogP contribution in [0.2, 0.25) is 0 Å². The van der Waals surface area contributed by atoms with Crippen LogP contribution in [0.5, 0.6) is 0 Å². The second kappa shape index (κ2) is 4.85. The third kappa shape index (κ3) is 2.33. The van der Waals surface area contributed by atoms with E-state index in [-0.39, 0.29) is 11.9 Å². The van der Waals surface area contributed by atoms with Gasteiger partial charge in [-0.05, 0) is 18.6 Å². The van der Waals surface area contributed by atoms with Crippen molar-refractivity contribution >= 4 is 5.91 Å². The van der Waals surface area contributed by atoms with Crippen molar-refractivity contribution in [3.8, 4) is 0 Å². The summed E-state index contributed by atoms with van der Waals surface area (Å²) in [5.41, 5.74) is 1.67. The van der Waals surface area contributed by atoms with Crippen LogP contribution in [-0.4, -0.2) is 48.2 Å². The van der Waals surface area contributed by atoms with E-state index < -0.39 is 6.10 Å². The van der Waals surface area contributed by atoms with E-state index in [1.54, 1.807) is 11.9 Å². The molecule has 1 fully saturated rings. The highest BCUT2D eigenvalue weighted by molar-refractivity contribution is 5.95. The van der Waals surface area contributed by atoms with Crippen molar-refractivity contribution in [2.75, 3.05) is 20.1 Å². The summed E-state index contributed by atoms with van der Waals surface area (Å²) in [6.45, 7) is 3.12. The van der Waals surface area contributed by atoms with Gasteiger partial charge in [0.1, 0.15) is 0 Å². The van der Waals surface area contributed by atoms with E-state index in [4.69, 9.17) is 0 Å². The van der Waals surface area contributed by atoms with Crippen molar-refractivity contribution in [1.82, 2.24) is 10.2 Å². The van der Waals surface area contributed by atoms with E-state index in [0.29, 0.717) is 18.7 Å². The lowest BCUT2D eigenvalue weighted by molar-refractivity contribution is 0.0580. The Bertz CT molecular complexity index is 420. The molecule has 0 unspecified atom stereocenters. The molecule has 0 spiro atoms. The van der Waals surface area contributed by atoms with Crippen LogP contribution in [0.3, 0.4) is 0 Å². The molecule has 17 heavy (non-hydrogen) atoms. The van der Waals surface area contributed by atoms with E-state index in [0.717, 1.165) is 5.56 Å². The van der Waals surface area contributed by atoms with Gasteiger partial charge in [-0.15, -0.1) is 0 Å². The van der Waals surface area contributed by atoms with Crippen LogP contribution in [-0.2, 0) is 0 Å². The highest BCUT2D eigenvalue weighted by Crippen LogP contribution is 2.14. The number of aliphatic hydroxyl groups excluding tert-OH is 1. The summed E-state index contributed by atoms with van der Waals surface area (Å²) in [6.07, 6.45) is -0.479. The molecule has 1 aromatic carbocycles. The van der Waals surface area contributed by atoms with Crippen LogP contribution >= 0.6 is 0 Å². The number of carbonyl (C=O) groups excluding carboxylic acids is 1. The zero-order valence-corrected chi connectivity index (χ0v) is 10.2. The molecule has 1 amide bonds. The molecule has 2 rings (SSSR count). The number of β-amino-alcohol motifs (C(OH)–C–C–N with tert-alkyl or cyclic N) is 1. The monoisotopic (exact) mass is 234 g/mol. The van der Waals surface area contributed by atoms with Crippen molar-refractivity contribution in [2.24, 2.45) is 0 Å². The summed E-state index contributed by atoms with van der Waals surface area (Å²) in [5, 5.41) is 12.8. The molecular weight excluding hydrogens is 216 g/mol. The smallest absolute Gasteiger partial charge is 0.254 e. The van der Waals surface area contributed by atoms with E-state index in [2.05, 4.69) is 5.32 Å². The molecule has 0 aliphatic carbocycles. The maximum atomic E-state index is 12.3. The first-order valence-electron chi connectivity index (χ1n) is 5.83. The Hall–Kier alpha value is -1.39. The lowest BCUT2D eigenvalue weighted by atomic mass is 10.1. The summed E-state index contributed by atoms with van der Waals surface area (Å²) >= 11 is 0. The number of nitrogens with one attached hydrogen (secondary N) is 1. The van der Waals surface area contributed by atoms with Crippen LogP contribution in [0.25, 0.3) is 0 Å². The quantitative estimate of drug-likeness (QED) is 0.779. The van der Waals surface area contributed by atoms with Gasteiger partial charge < -0.3 is 15.3 Å². The number of likely N-dealkylation sites (N-methyl/N-ethyl adjacent to an activating group) is 1. The highest BCUT2D eigenvalue weighted by atomic mass is 16.3. The molecule has 1 saturated heterocycles. The van der Waals surface area contributed by atoms with Gasteiger partial charge in [0.2, 0.25) is 0 Å². The fraction of sp³-hybridized carbons (Fsp3) is 0.462. The Morgan fingerprint density at radius 1 is 1.41 bits per heavy atom.